The Labute approximate surface area is 106 Å². The average Bonchev–Trinajstić information content (AvgIpc) is 2.25. The Morgan fingerprint density at radius 3 is 2.82 bits per heavy atom. The number of aliphatic carboxylic acids is 1. The van der Waals surface area contributed by atoms with Gasteiger partial charge in [0.2, 0.25) is 0 Å². The van der Waals surface area contributed by atoms with E-state index in [1.165, 1.54) is 5.56 Å². The molecule has 0 radical (unpaired) electrons. The molecule has 1 aromatic carbocycles. The number of aryl methyl sites for hydroxylation is 1. The van der Waals surface area contributed by atoms with Gasteiger partial charge in [-0.15, -0.1) is 0 Å². The highest BCUT2D eigenvalue weighted by atomic mass is 32.2. The molecule has 0 bridgehead atoms. The highest BCUT2D eigenvalue weighted by molar-refractivity contribution is 7.99. The molecule has 4 heteroatoms. The SMILES string of the molecule is COc1ccc(C)cc1CSC(C)CC(=O)O. The average molecular weight is 254 g/mol. The summed E-state index contributed by atoms with van der Waals surface area (Å²) >= 11 is 1.64. The Kier molecular flexibility index (Phi) is 5.35. The summed E-state index contributed by atoms with van der Waals surface area (Å²) in [5.41, 5.74) is 2.31. The number of carboxylic acid groups (broad SMARTS) is 1. The van der Waals surface area contributed by atoms with Crippen molar-refractivity contribution < 1.29 is 14.6 Å². The summed E-state index contributed by atoms with van der Waals surface area (Å²) in [6.45, 7) is 3.97. The van der Waals surface area contributed by atoms with Crippen molar-refractivity contribution in [1.29, 1.82) is 0 Å². The van der Waals surface area contributed by atoms with Gasteiger partial charge in [-0.2, -0.15) is 11.8 Å². The Balaban J connectivity index is 2.61. The predicted octanol–water partition coefficient (Wildman–Crippen LogP) is 3.10. The number of methoxy groups -OCH3 is 1. The fourth-order valence-corrected chi connectivity index (χ4v) is 2.51. The Bertz CT molecular complexity index is 390. The van der Waals surface area contributed by atoms with Gasteiger partial charge in [-0.1, -0.05) is 24.6 Å². The van der Waals surface area contributed by atoms with E-state index < -0.39 is 5.97 Å². The van der Waals surface area contributed by atoms with E-state index in [0.29, 0.717) is 0 Å². The Morgan fingerprint density at radius 1 is 1.53 bits per heavy atom. The molecule has 0 aliphatic carbocycles. The monoisotopic (exact) mass is 254 g/mol. The number of rotatable bonds is 6. The smallest absolute Gasteiger partial charge is 0.304 e. The van der Waals surface area contributed by atoms with Crippen LogP contribution < -0.4 is 4.74 Å². The number of carboxylic acids is 1. The fourth-order valence-electron chi connectivity index (χ4n) is 1.56. The molecule has 0 aliphatic heterocycles. The predicted molar refractivity (Wildman–Crippen MR) is 70.7 cm³/mol. The fraction of sp³-hybridized carbons (Fsp3) is 0.462. The zero-order chi connectivity index (χ0) is 12.8. The third-order valence-electron chi connectivity index (χ3n) is 2.42. The van der Waals surface area contributed by atoms with Crippen molar-refractivity contribution in [3.05, 3.63) is 29.3 Å². The van der Waals surface area contributed by atoms with E-state index in [0.717, 1.165) is 17.1 Å². The van der Waals surface area contributed by atoms with Gasteiger partial charge in [-0.25, -0.2) is 0 Å². The highest BCUT2D eigenvalue weighted by Gasteiger charge is 2.10. The van der Waals surface area contributed by atoms with Crippen molar-refractivity contribution in [2.45, 2.75) is 31.3 Å². The van der Waals surface area contributed by atoms with Crippen LogP contribution in [0.15, 0.2) is 18.2 Å². The molecule has 1 atom stereocenters. The van der Waals surface area contributed by atoms with E-state index in [2.05, 4.69) is 6.07 Å². The van der Waals surface area contributed by atoms with Gasteiger partial charge < -0.3 is 9.84 Å². The van der Waals surface area contributed by atoms with Crippen LogP contribution in [0.3, 0.4) is 0 Å². The van der Waals surface area contributed by atoms with Gasteiger partial charge in [0.1, 0.15) is 5.75 Å². The molecule has 17 heavy (non-hydrogen) atoms. The Hall–Kier alpha value is -1.16. The third-order valence-corrected chi connectivity index (χ3v) is 3.63. The molecule has 0 saturated heterocycles. The molecule has 3 nitrogen and oxygen atoms in total. The van der Waals surface area contributed by atoms with Crippen LogP contribution in [0.2, 0.25) is 0 Å². The molecule has 0 aliphatic rings. The van der Waals surface area contributed by atoms with Gasteiger partial charge in [-0.05, 0) is 13.0 Å². The first-order valence-electron chi connectivity index (χ1n) is 5.50. The van der Waals surface area contributed by atoms with E-state index in [4.69, 9.17) is 9.84 Å². The zero-order valence-corrected chi connectivity index (χ0v) is 11.2. The minimum Gasteiger partial charge on any atom is -0.496 e. The topological polar surface area (TPSA) is 46.5 Å². The normalized spacial score (nSPS) is 12.2. The van der Waals surface area contributed by atoms with Crippen molar-refractivity contribution in [1.82, 2.24) is 0 Å². The third kappa shape index (κ3) is 4.69. The van der Waals surface area contributed by atoms with Gasteiger partial charge in [0.05, 0.1) is 13.5 Å². The maximum absolute atomic E-state index is 10.6. The van der Waals surface area contributed by atoms with Crippen LogP contribution in [0, 0.1) is 6.92 Å². The van der Waals surface area contributed by atoms with E-state index in [1.807, 2.05) is 26.0 Å². The maximum Gasteiger partial charge on any atom is 0.304 e. The van der Waals surface area contributed by atoms with E-state index in [1.54, 1.807) is 18.9 Å². The van der Waals surface area contributed by atoms with Crippen molar-refractivity contribution in [2.75, 3.05) is 7.11 Å². The van der Waals surface area contributed by atoms with Gasteiger partial charge in [0.15, 0.2) is 0 Å². The first-order valence-corrected chi connectivity index (χ1v) is 6.54. The zero-order valence-electron chi connectivity index (χ0n) is 10.4. The second-order valence-electron chi connectivity index (χ2n) is 4.03. The van der Waals surface area contributed by atoms with Crippen LogP contribution in [-0.4, -0.2) is 23.4 Å². The minimum atomic E-state index is -0.749. The molecule has 94 valence electrons. The number of carbonyl (C=O) groups is 1. The molecule has 1 aromatic rings. The van der Waals surface area contributed by atoms with E-state index in [-0.39, 0.29) is 11.7 Å². The van der Waals surface area contributed by atoms with Crippen LogP contribution in [0.4, 0.5) is 0 Å². The minimum absolute atomic E-state index is 0.109. The molecule has 0 aromatic heterocycles. The summed E-state index contributed by atoms with van der Waals surface area (Å²) in [6, 6.07) is 6.04. The number of thioether (sulfide) groups is 1. The molecule has 1 rings (SSSR count). The quantitative estimate of drug-likeness (QED) is 0.847. The van der Waals surface area contributed by atoms with Crippen LogP contribution in [-0.2, 0) is 10.5 Å². The van der Waals surface area contributed by atoms with Crippen molar-refractivity contribution >= 4 is 17.7 Å². The largest absolute Gasteiger partial charge is 0.496 e. The summed E-state index contributed by atoms with van der Waals surface area (Å²) < 4.78 is 5.28. The molecule has 0 amide bonds. The highest BCUT2D eigenvalue weighted by Crippen LogP contribution is 2.27. The van der Waals surface area contributed by atoms with Gasteiger partial charge >= 0.3 is 5.97 Å². The van der Waals surface area contributed by atoms with Crippen LogP contribution in [0.1, 0.15) is 24.5 Å². The number of benzene rings is 1. The van der Waals surface area contributed by atoms with E-state index in [9.17, 15) is 4.79 Å². The summed E-state index contributed by atoms with van der Waals surface area (Å²) in [5, 5.41) is 8.80. The lowest BCUT2D eigenvalue weighted by molar-refractivity contribution is -0.136. The second-order valence-corrected chi connectivity index (χ2v) is 5.46. The maximum atomic E-state index is 10.6. The molecule has 0 heterocycles. The Morgan fingerprint density at radius 2 is 2.24 bits per heavy atom. The summed E-state index contributed by atoms with van der Waals surface area (Å²) in [6.07, 6.45) is 0.193. The number of ether oxygens (including phenoxy) is 1. The van der Waals surface area contributed by atoms with Crippen molar-refractivity contribution in [2.24, 2.45) is 0 Å². The molecular weight excluding hydrogens is 236 g/mol. The van der Waals surface area contributed by atoms with Crippen LogP contribution >= 0.6 is 11.8 Å². The first kappa shape index (κ1) is 13.9. The number of hydrogen-bond acceptors (Lipinski definition) is 3. The van der Waals surface area contributed by atoms with E-state index >= 15 is 0 Å². The lowest BCUT2D eigenvalue weighted by Gasteiger charge is -2.12. The molecule has 1 N–H and O–H groups in total. The second kappa shape index (κ2) is 6.55. The van der Waals surface area contributed by atoms with Crippen molar-refractivity contribution in [3.63, 3.8) is 0 Å². The van der Waals surface area contributed by atoms with Gasteiger partial charge in [0.25, 0.3) is 0 Å². The molecule has 0 fully saturated rings. The summed E-state index contributed by atoms with van der Waals surface area (Å²) in [5.74, 6) is 0.895. The summed E-state index contributed by atoms with van der Waals surface area (Å²) in [4.78, 5) is 10.6. The van der Waals surface area contributed by atoms with Gasteiger partial charge in [0, 0.05) is 16.6 Å². The molecule has 0 saturated carbocycles. The first-order chi connectivity index (χ1) is 8.02. The molecular formula is C13H18O3S. The van der Waals surface area contributed by atoms with Gasteiger partial charge in [-0.3, -0.25) is 4.79 Å². The van der Waals surface area contributed by atoms with Crippen LogP contribution in [0.25, 0.3) is 0 Å². The van der Waals surface area contributed by atoms with Crippen molar-refractivity contribution in [3.8, 4) is 5.75 Å². The summed E-state index contributed by atoms with van der Waals surface area (Å²) in [7, 11) is 1.65. The molecule has 1 unspecified atom stereocenters. The standard InChI is InChI=1S/C13H18O3S/c1-9-4-5-12(16-3)11(6-9)8-17-10(2)7-13(14)15/h4-6,10H,7-8H2,1-3H3,(H,14,15). The lowest BCUT2D eigenvalue weighted by Crippen LogP contribution is -2.06. The van der Waals surface area contributed by atoms with Crippen LogP contribution in [0.5, 0.6) is 5.75 Å². The molecule has 0 spiro atoms. The lowest BCUT2D eigenvalue weighted by atomic mass is 10.1. The number of hydrogen-bond donors (Lipinski definition) is 1.